The second-order valence-corrected chi connectivity index (χ2v) is 9.14. The Morgan fingerprint density at radius 1 is 1.03 bits per heavy atom. The summed E-state index contributed by atoms with van der Waals surface area (Å²) >= 11 is 0. The van der Waals surface area contributed by atoms with Gasteiger partial charge in [0.2, 0.25) is 5.91 Å². The van der Waals surface area contributed by atoms with Crippen molar-refractivity contribution in [3.05, 3.63) is 0 Å². The molecule has 7 heteroatoms. The van der Waals surface area contributed by atoms with Gasteiger partial charge in [-0.3, -0.25) is 4.79 Å². The lowest BCUT2D eigenvalue weighted by Crippen LogP contribution is -2.61. The predicted molar refractivity (Wildman–Crippen MR) is 117 cm³/mol. The van der Waals surface area contributed by atoms with Crippen LogP contribution in [-0.4, -0.2) is 59.4 Å². The highest BCUT2D eigenvalue weighted by Gasteiger charge is 2.42. The minimum Gasteiger partial charge on any atom is -0.389 e. The van der Waals surface area contributed by atoms with Gasteiger partial charge >= 0.3 is 0 Å². The van der Waals surface area contributed by atoms with E-state index < -0.39 is 30.6 Å². The Labute approximate surface area is 182 Å². The van der Waals surface area contributed by atoms with Crippen molar-refractivity contribution in [3.63, 3.8) is 0 Å². The third-order valence-corrected chi connectivity index (χ3v) is 6.96. The molecule has 2 saturated heterocycles. The number of nitrogens with two attached hydrogens (primary N) is 1. The molecule has 0 spiro atoms. The molecule has 2 fully saturated rings. The summed E-state index contributed by atoms with van der Waals surface area (Å²) in [6.45, 7) is 6.70. The maximum absolute atomic E-state index is 12.4. The highest BCUT2D eigenvalue weighted by atomic mass is 16.7. The minimum atomic E-state index is -1.05. The lowest BCUT2D eigenvalue weighted by Gasteiger charge is -2.42. The monoisotopic (exact) mass is 428 g/mol. The predicted octanol–water partition coefficient (Wildman–Crippen LogP) is 2.47. The van der Waals surface area contributed by atoms with Gasteiger partial charge in [-0.1, -0.05) is 46.0 Å². The number of hydrogen-bond donors (Lipinski definition) is 4. The largest absolute Gasteiger partial charge is 0.389 e. The van der Waals surface area contributed by atoms with Crippen LogP contribution in [0.15, 0.2) is 0 Å². The molecule has 0 radical (unpaired) electrons. The van der Waals surface area contributed by atoms with Crippen LogP contribution >= 0.6 is 0 Å². The molecule has 2 rings (SSSR count). The molecule has 0 aromatic heterocycles. The first-order chi connectivity index (χ1) is 14.4. The number of aliphatic hydroxyl groups is 2. The van der Waals surface area contributed by atoms with Crippen LogP contribution in [-0.2, 0) is 14.3 Å². The van der Waals surface area contributed by atoms with Crippen molar-refractivity contribution in [2.75, 3.05) is 6.54 Å². The third-order valence-electron chi connectivity index (χ3n) is 6.96. The highest BCUT2D eigenvalue weighted by molar-refractivity contribution is 5.78. The van der Waals surface area contributed by atoms with Gasteiger partial charge in [0.05, 0.1) is 24.4 Å². The second kappa shape index (κ2) is 13.0. The van der Waals surface area contributed by atoms with Gasteiger partial charge in [0, 0.05) is 12.5 Å². The van der Waals surface area contributed by atoms with E-state index in [-0.39, 0.29) is 17.9 Å². The lowest BCUT2D eigenvalue weighted by molar-refractivity contribution is -0.286. The van der Waals surface area contributed by atoms with Crippen molar-refractivity contribution in [2.45, 2.75) is 122 Å². The van der Waals surface area contributed by atoms with Crippen molar-refractivity contribution in [1.82, 2.24) is 5.32 Å². The van der Waals surface area contributed by atoms with E-state index >= 15 is 0 Å². The van der Waals surface area contributed by atoms with E-state index in [1.165, 1.54) is 0 Å². The fourth-order valence-electron chi connectivity index (χ4n) is 4.75. The van der Waals surface area contributed by atoms with Crippen LogP contribution in [0.25, 0.3) is 0 Å². The number of ether oxygens (including phenoxy) is 2. The Kier molecular flexibility index (Phi) is 11.0. The maximum atomic E-state index is 12.4. The lowest BCUT2D eigenvalue weighted by atomic mass is 9.89. The number of carbonyl (C=O) groups is 1. The Morgan fingerprint density at radius 2 is 1.73 bits per heavy atom. The standard InChI is InChI=1S/C23H44N2O5/c1-4-16-12-10-14-25-22(28)17(5-2)11-8-6-7-9-13-18(16)30-23-21(27)19(24)20(26)15(3)29-23/h15-21,23,26-27H,4-14,24H2,1-3H3,(H,25,28)/t15-,16?,17+,18+,19+,20+,21+,23-/m0/s1. The quantitative estimate of drug-likeness (QED) is 0.547. The third kappa shape index (κ3) is 7.16. The molecule has 0 aliphatic carbocycles. The topological polar surface area (TPSA) is 114 Å². The molecule has 0 aromatic carbocycles. The number of rotatable bonds is 4. The molecule has 30 heavy (non-hydrogen) atoms. The average molecular weight is 429 g/mol. The first-order valence-electron chi connectivity index (χ1n) is 12.1. The zero-order valence-corrected chi connectivity index (χ0v) is 19.1. The molecular weight excluding hydrogens is 384 g/mol. The van der Waals surface area contributed by atoms with Crippen molar-refractivity contribution in [3.8, 4) is 0 Å². The molecule has 2 aliphatic rings. The van der Waals surface area contributed by atoms with E-state index in [1.54, 1.807) is 6.92 Å². The van der Waals surface area contributed by atoms with Gasteiger partial charge in [-0.25, -0.2) is 0 Å². The summed E-state index contributed by atoms with van der Waals surface area (Å²) in [6.07, 6.45) is 6.66. The zero-order chi connectivity index (χ0) is 22.1. The molecule has 1 unspecified atom stereocenters. The normalized spacial score (nSPS) is 40.4. The van der Waals surface area contributed by atoms with Crippen LogP contribution < -0.4 is 11.1 Å². The zero-order valence-electron chi connectivity index (χ0n) is 19.1. The molecular formula is C23H44N2O5. The van der Waals surface area contributed by atoms with Crippen LogP contribution in [0.5, 0.6) is 0 Å². The number of carbonyl (C=O) groups excluding carboxylic acids is 1. The van der Waals surface area contributed by atoms with Crippen molar-refractivity contribution in [1.29, 1.82) is 0 Å². The van der Waals surface area contributed by atoms with Crippen LogP contribution in [0, 0.1) is 11.8 Å². The van der Waals surface area contributed by atoms with E-state index in [2.05, 4.69) is 19.2 Å². The first kappa shape index (κ1) is 25.5. The molecule has 0 aromatic rings. The van der Waals surface area contributed by atoms with E-state index in [0.717, 1.165) is 64.2 Å². The Bertz CT molecular complexity index is 506. The van der Waals surface area contributed by atoms with E-state index in [1.807, 2.05) is 0 Å². The SMILES string of the molecule is CCC1CCCNC(=O)[C@H](CC)CCCCCC[C@H]1O[C@@H]1O[C@@H](C)[C@@H](O)[C@@H](N)[C@H]1O. The van der Waals surface area contributed by atoms with Gasteiger partial charge in [-0.05, 0) is 44.9 Å². The van der Waals surface area contributed by atoms with Crippen LogP contribution in [0.2, 0.25) is 0 Å². The fourth-order valence-corrected chi connectivity index (χ4v) is 4.75. The molecule has 176 valence electrons. The summed E-state index contributed by atoms with van der Waals surface area (Å²) in [7, 11) is 0. The first-order valence-corrected chi connectivity index (χ1v) is 12.1. The van der Waals surface area contributed by atoms with Gasteiger partial charge in [0.1, 0.15) is 6.10 Å². The molecule has 5 N–H and O–H groups in total. The molecule has 0 bridgehead atoms. The van der Waals surface area contributed by atoms with Gasteiger partial charge < -0.3 is 30.7 Å². The molecule has 2 heterocycles. The van der Waals surface area contributed by atoms with Crippen molar-refractivity contribution in [2.24, 2.45) is 17.6 Å². The summed E-state index contributed by atoms with van der Waals surface area (Å²) in [5.74, 6) is 0.647. The number of amides is 1. The Balaban J connectivity index is 2.01. The molecule has 1 amide bonds. The number of hydrogen-bond acceptors (Lipinski definition) is 6. The second-order valence-electron chi connectivity index (χ2n) is 9.14. The number of aliphatic hydroxyl groups excluding tert-OH is 2. The summed E-state index contributed by atoms with van der Waals surface area (Å²) in [4.78, 5) is 12.4. The van der Waals surface area contributed by atoms with Crippen molar-refractivity contribution < 1.29 is 24.5 Å². The fraction of sp³-hybridized carbons (Fsp3) is 0.957. The van der Waals surface area contributed by atoms with Gasteiger partial charge in [0.25, 0.3) is 0 Å². The summed E-state index contributed by atoms with van der Waals surface area (Å²) in [6, 6.07) is -0.779. The van der Waals surface area contributed by atoms with Gasteiger partial charge in [-0.2, -0.15) is 0 Å². The smallest absolute Gasteiger partial charge is 0.223 e. The summed E-state index contributed by atoms with van der Waals surface area (Å²) < 4.78 is 12.1. The van der Waals surface area contributed by atoms with Gasteiger partial charge in [0.15, 0.2) is 6.29 Å². The highest BCUT2D eigenvalue weighted by Crippen LogP contribution is 2.29. The Morgan fingerprint density at radius 3 is 2.40 bits per heavy atom. The average Bonchev–Trinajstić information content (AvgIpc) is 2.74. The Hall–Kier alpha value is -0.730. The molecule has 8 atom stereocenters. The maximum Gasteiger partial charge on any atom is 0.223 e. The van der Waals surface area contributed by atoms with E-state index in [4.69, 9.17) is 15.2 Å². The molecule has 7 nitrogen and oxygen atoms in total. The molecule has 2 aliphatic heterocycles. The van der Waals surface area contributed by atoms with Crippen LogP contribution in [0.4, 0.5) is 0 Å². The summed E-state index contributed by atoms with van der Waals surface area (Å²) in [5, 5.41) is 23.7. The summed E-state index contributed by atoms with van der Waals surface area (Å²) in [5.41, 5.74) is 5.98. The van der Waals surface area contributed by atoms with Crippen LogP contribution in [0.3, 0.4) is 0 Å². The van der Waals surface area contributed by atoms with Gasteiger partial charge in [-0.15, -0.1) is 0 Å². The number of nitrogens with one attached hydrogen (secondary N) is 1. The van der Waals surface area contributed by atoms with Crippen LogP contribution in [0.1, 0.15) is 85.0 Å². The van der Waals surface area contributed by atoms with E-state index in [9.17, 15) is 15.0 Å². The molecule has 0 saturated carbocycles. The van der Waals surface area contributed by atoms with E-state index in [0.29, 0.717) is 12.5 Å². The minimum absolute atomic E-state index is 0.0358. The van der Waals surface area contributed by atoms with Crippen molar-refractivity contribution >= 4 is 5.91 Å².